The summed E-state index contributed by atoms with van der Waals surface area (Å²) in [4.78, 5) is 11.2. The summed E-state index contributed by atoms with van der Waals surface area (Å²) < 4.78 is 11.2. The van der Waals surface area contributed by atoms with Crippen LogP contribution in [0.4, 0.5) is 0 Å². The third-order valence-corrected chi connectivity index (χ3v) is 15.3. The van der Waals surface area contributed by atoms with Crippen LogP contribution in [-0.4, -0.2) is 19.1 Å². The second-order valence-corrected chi connectivity index (χ2v) is 19.2. The summed E-state index contributed by atoms with van der Waals surface area (Å²) in [6.07, 6.45) is 0. The van der Waals surface area contributed by atoms with Crippen LogP contribution in [-0.2, 0) is 0 Å². The van der Waals surface area contributed by atoms with Crippen molar-refractivity contribution in [1.29, 1.82) is 0 Å². The molecule has 0 N–H and O–H groups in total. The van der Waals surface area contributed by atoms with Crippen molar-refractivity contribution < 1.29 is 4.42 Å². The standard InChI is InChI=1S/C68H40N4O/c1-3-18-45-43(16-1)38-55(49-22-7-5-20-47(45)49)59-40-60(56-39-44-17-2-4-19-46(44)48-21-6-8-23-50(48)56)70-68(69-59)72-62-29-13-10-25-52(62)58-37-42(33-35-64(58)72)41-32-34-63-57(36-41)51-24-9-12-28-61(51)71(63)65-30-15-27-54-53-26-11-14-31-66(53)73-67(54)65/h1-40H. The van der Waals surface area contributed by atoms with Crippen molar-refractivity contribution in [2.24, 2.45) is 0 Å². The lowest BCUT2D eigenvalue weighted by molar-refractivity contribution is 0.666. The minimum Gasteiger partial charge on any atom is -0.454 e. The maximum atomic E-state index is 6.60. The predicted octanol–water partition coefficient (Wildman–Crippen LogP) is 18.2. The van der Waals surface area contributed by atoms with Crippen LogP contribution in [0.3, 0.4) is 0 Å². The van der Waals surface area contributed by atoms with E-state index in [-0.39, 0.29) is 0 Å². The van der Waals surface area contributed by atoms with Crippen molar-refractivity contribution in [2.75, 3.05) is 0 Å². The van der Waals surface area contributed by atoms with Gasteiger partial charge in [-0.1, -0.05) is 176 Å². The van der Waals surface area contributed by atoms with Crippen LogP contribution in [0, 0.1) is 0 Å². The Hall–Kier alpha value is -9.84. The summed E-state index contributed by atoms with van der Waals surface area (Å²) in [5.41, 5.74) is 13.3. The first kappa shape index (κ1) is 39.9. The molecule has 73 heavy (non-hydrogen) atoms. The maximum Gasteiger partial charge on any atom is 0.235 e. The molecule has 0 saturated carbocycles. The van der Waals surface area contributed by atoms with Crippen LogP contribution in [0.5, 0.6) is 0 Å². The highest BCUT2D eigenvalue weighted by Gasteiger charge is 2.22. The van der Waals surface area contributed by atoms with E-state index < -0.39 is 0 Å². The molecule has 0 aliphatic rings. The first-order valence-corrected chi connectivity index (χ1v) is 24.9. The number of benzene rings is 12. The SMILES string of the molecule is c1ccc2c(c1)cc(-c1cc(-c3cc4ccccc4c4ccccc34)nc(-n3c4ccccc4c4cc(-c5ccc6c(c5)c5ccccc5n6-c5cccc6c5oc5ccccc56)ccc43)n1)c1ccccc12. The Kier molecular flexibility index (Phi) is 8.39. The molecule has 5 heteroatoms. The first-order valence-electron chi connectivity index (χ1n) is 24.9. The van der Waals surface area contributed by atoms with Gasteiger partial charge in [0.05, 0.1) is 39.1 Å². The molecule has 0 unspecified atom stereocenters. The second kappa shape index (κ2) is 15.3. The summed E-state index contributed by atoms with van der Waals surface area (Å²) >= 11 is 0. The summed E-state index contributed by atoms with van der Waals surface area (Å²) in [6, 6.07) is 87.4. The lowest BCUT2D eigenvalue weighted by Gasteiger charge is -2.16. The topological polar surface area (TPSA) is 48.8 Å². The smallest absolute Gasteiger partial charge is 0.235 e. The molecule has 0 atom stereocenters. The summed E-state index contributed by atoms with van der Waals surface area (Å²) in [7, 11) is 0. The number of hydrogen-bond donors (Lipinski definition) is 0. The Balaban J connectivity index is 0.914. The molecular formula is C68H40N4O. The van der Waals surface area contributed by atoms with E-state index in [9.17, 15) is 0 Å². The van der Waals surface area contributed by atoms with Crippen molar-refractivity contribution >= 4 is 109 Å². The zero-order valence-electron chi connectivity index (χ0n) is 39.3. The number of furan rings is 1. The highest BCUT2D eigenvalue weighted by molar-refractivity contribution is 6.17. The monoisotopic (exact) mass is 928 g/mol. The van der Waals surface area contributed by atoms with Crippen molar-refractivity contribution in [2.45, 2.75) is 0 Å². The van der Waals surface area contributed by atoms with Crippen LogP contribution >= 0.6 is 0 Å². The largest absolute Gasteiger partial charge is 0.454 e. The van der Waals surface area contributed by atoms with E-state index in [1.54, 1.807) is 0 Å². The van der Waals surface area contributed by atoms with Gasteiger partial charge in [-0.25, -0.2) is 9.97 Å². The molecule has 0 saturated heterocycles. The van der Waals surface area contributed by atoms with Gasteiger partial charge in [-0.15, -0.1) is 0 Å². The highest BCUT2D eigenvalue weighted by Crippen LogP contribution is 2.43. The molecule has 0 aliphatic carbocycles. The van der Waals surface area contributed by atoms with E-state index in [1.807, 2.05) is 6.07 Å². The number of rotatable bonds is 5. The van der Waals surface area contributed by atoms with Crippen LogP contribution in [0.25, 0.3) is 154 Å². The van der Waals surface area contributed by atoms with Crippen LogP contribution in [0.15, 0.2) is 247 Å². The fraction of sp³-hybridized carbons (Fsp3) is 0. The Morgan fingerprint density at radius 3 is 1.32 bits per heavy atom. The summed E-state index contributed by atoms with van der Waals surface area (Å²) in [5, 5.41) is 16.4. The molecule has 0 amide bonds. The number of hydrogen-bond acceptors (Lipinski definition) is 3. The van der Waals surface area contributed by atoms with Crippen molar-refractivity contribution in [1.82, 2.24) is 19.1 Å². The molecule has 0 spiro atoms. The zero-order valence-corrected chi connectivity index (χ0v) is 39.3. The third kappa shape index (κ3) is 5.91. The number of nitrogens with zero attached hydrogens (tertiary/aromatic N) is 4. The van der Waals surface area contributed by atoms with Crippen molar-refractivity contribution in [3.63, 3.8) is 0 Å². The molecule has 12 aromatic carbocycles. The van der Waals surface area contributed by atoms with Gasteiger partial charge in [0.1, 0.15) is 5.58 Å². The minimum absolute atomic E-state index is 0.620. The average molecular weight is 929 g/mol. The molecule has 5 nitrogen and oxygen atoms in total. The molecule has 4 heterocycles. The fourth-order valence-electron chi connectivity index (χ4n) is 12.0. The van der Waals surface area contributed by atoms with E-state index in [4.69, 9.17) is 14.4 Å². The van der Waals surface area contributed by atoms with Crippen LogP contribution in [0.2, 0.25) is 0 Å². The third-order valence-electron chi connectivity index (χ3n) is 15.3. The Bertz CT molecular complexity index is 4860. The van der Waals surface area contributed by atoms with E-state index in [0.29, 0.717) is 5.95 Å². The van der Waals surface area contributed by atoms with Gasteiger partial charge >= 0.3 is 0 Å². The Morgan fingerprint density at radius 2 is 0.726 bits per heavy atom. The molecule has 338 valence electrons. The molecule has 16 rings (SSSR count). The lowest BCUT2D eigenvalue weighted by Crippen LogP contribution is -2.04. The summed E-state index contributed by atoms with van der Waals surface area (Å²) in [6.45, 7) is 0. The van der Waals surface area contributed by atoms with Crippen LogP contribution in [0.1, 0.15) is 0 Å². The normalized spacial score (nSPS) is 12.1. The molecule has 0 fully saturated rings. The number of aromatic nitrogens is 4. The van der Waals surface area contributed by atoms with Crippen LogP contribution < -0.4 is 0 Å². The van der Waals surface area contributed by atoms with Gasteiger partial charge in [0.15, 0.2) is 5.58 Å². The first-order chi connectivity index (χ1) is 36.2. The van der Waals surface area contributed by atoms with Gasteiger partial charge < -0.3 is 8.98 Å². The number of fused-ring (bicyclic) bond motifs is 15. The maximum absolute atomic E-state index is 6.60. The Morgan fingerprint density at radius 1 is 0.288 bits per heavy atom. The molecule has 0 bridgehead atoms. The average Bonchev–Trinajstić information content (AvgIpc) is 4.12. The minimum atomic E-state index is 0.620. The molecule has 0 aliphatic heterocycles. The fourth-order valence-corrected chi connectivity index (χ4v) is 12.0. The molecular weight excluding hydrogens is 889 g/mol. The lowest BCUT2D eigenvalue weighted by atomic mass is 9.93. The van der Waals surface area contributed by atoms with Gasteiger partial charge in [-0.3, -0.25) is 4.57 Å². The second-order valence-electron chi connectivity index (χ2n) is 19.2. The highest BCUT2D eigenvalue weighted by atomic mass is 16.3. The van der Waals surface area contributed by atoms with E-state index >= 15 is 0 Å². The van der Waals surface area contributed by atoms with Gasteiger partial charge in [0.2, 0.25) is 5.95 Å². The molecule has 4 aromatic heterocycles. The quantitative estimate of drug-likeness (QED) is 0.162. The van der Waals surface area contributed by atoms with Crippen molar-refractivity contribution in [3.8, 4) is 45.3 Å². The number of para-hydroxylation sites is 4. The van der Waals surface area contributed by atoms with E-state index in [1.165, 1.54) is 43.1 Å². The van der Waals surface area contributed by atoms with Gasteiger partial charge in [0, 0.05) is 43.4 Å². The van der Waals surface area contributed by atoms with Gasteiger partial charge in [-0.05, 0) is 121 Å². The van der Waals surface area contributed by atoms with E-state index in [2.05, 4.69) is 246 Å². The zero-order chi connectivity index (χ0) is 47.7. The van der Waals surface area contributed by atoms with Crippen molar-refractivity contribution in [3.05, 3.63) is 243 Å². The Labute approximate surface area is 418 Å². The van der Waals surface area contributed by atoms with Gasteiger partial charge in [-0.2, -0.15) is 0 Å². The molecule has 0 radical (unpaired) electrons. The van der Waals surface area contributed by atoms with Gasteiger partial charge in [0.25, 0.3) is 0 Å². The molecule has 16 aromatic rings. The predicted molar refractivity (Wildman–Crippen MR) is 304 cm³/mol. The van der Waals surface area contributed by atoms with E-state index in [0.717, 1.165) is 105 Å². The summed E-state index contributed by atoms with van der Waals surface area (Å²) in [5.74, 6) is 0.620.